The molecule has 3 rings (SSSR count). The van der Waals surface area contributed by atoms with Crippen LogP contribution in [-0.4, -0.2) is 34.3 Å². The zero-order valence-electron chi connectivity index (χ0n) is 13.1. The summed E-state index contributed by atoms with van der Waals surface area (Å²) in [6.07, 6.45) is 5.58. The standard InChI is InChI=1S/C18H25N3/c1-3-21-11-9-16(10-12-21)18-17(14-19-20(18)2)13-15-7-5-4-6-8-15/h4-8,14,16H,3,9-13H2,1-2H3. The van der Waals surface area contributed by atoms with E-state index in [4.69, 9.17) is 0 Å². The average Bonchev–Trinajstić information content (AvgIpc) is 2.89. The molecule has 1 saturated heterocycles. The molecule has 1 fully saturated rings. The van der Waals surface area contributed by atoms with Crippen LogP contribution in [0.4, 0.5) is 0 Å². The fourth-order valence-corrected chi connectivity index (χ4v) is 3.49. The Bertz CT molecular complexity index is 565. The third-order valence-electron chi connectivity index (χ3n) is 4.72. The second-order valence-corrected chi connectivity index (χ2v) is 6.05. The van der Waals surface area contributed by atoms with Gasteiger partial charge in [-0.15, -0.1) is 0 Å². The molecule has 1 aromatic heterocycles. The summed E-state index contributed by atoms with van der Waals surface area (Å²) in [5.74, 6) is 0.666. The van der Waals surface area contributed by atoms with Gasteiger partial charge in [0.15, 0.2) is 0 Å². The lowest BCUT2D eigenvalue weighted by Crippen LogP contribution is -2.33. The lowest BCUT2D eigenvalue weighted by Gasteiger charge is -2.31. The van der Waals surface area contributed by atoms with Crippen LogP contribution in [0.1, 0.15) is 42.5 Å². The summed E-state index contributed by atoms with van der Waals surface area (Å²) < 4.78 is 2.10. The lowest BCUT2D eigenvalue weighted by molar-refractivity contribution is 0.218. The van der Waals surface area contributed by atoms with Crippen molar-refractivity contribution < 1.29 is 0 Å². The maximum absolute atomic E-state index is 4.53. The minimum atomic E-state index is 0.666. The number of aryl methyl sites for hydroxylation is 1. The summed E-state index contributed by atoms with van der Waals surface area (Å²) >= 11 is 0. The van der Waals surface area contributed by atoms with Crippen molar-refractivity contribution in [2.24, 2.45) is 7.05 Å². The summed E-state index contributed by atoms with van der Waals surface area (Å²) in [5, 5.41) is 4.53. The summed E-state index contributed by atoms with van der Waals surface area (Å²) in [4.78, 5) is 2.55. The maximum atomic E-state index is 4.53. The zero-order valence-corrected chi connectivity index (χ0v) is 13.1. The second kappa shape index (κ2) is 6.44. The average molecular weight is 283 g/mol. The van der Waals surface area contributed by atoms with Crippen molar-refractivity contribution >= 4 is 0 Å². The molecule has 0 radical (unpaired) electrons. The summed E-state index contributed by atoms with van der Waals surface area (Å²) in [6, 6.07) is 10.7. The van der Waals surface area contributed by atoms with Crippen molar-refractivity contribution in [1.82, 2.24) is 14.7 Å². The Morgan fingerprint density at radius 1 is 1.14 bits per heavy atom. The Hall–Kier alpha value is -1.61. The molecular formula is C18H25N3. The monoisotopic (exact) mass is 283 g/mol. The van der Waals surface area contributed by atoms with E-state index in [9.17, 15) is 0 Å². The first kappa shape index (κ1) is 14.3. The topological polar surface area (TPSA) is 21.1 Å². The van der Waals surface area contributed by atoms with Gasteiger partial charge in [0.05, 0.1) is 6.20 Å². The molecule has 1 aliphatic heterocycles. The fourth-order valence-electron chi connectivity index (χ4n) is 3.49. The Morgan fingerprint density at radius 3 is 2.52 bits per heavy atom. The minimum Gasteiger partial charge on any atom is -0.304 e. The number of nitrogens with zero attached hydrogens (tertiary/aromatic N) is 3. The van der Waals surface area contributed by atoms with Crippen molar-refractivity contribution in [3.63, 3.8) is 0 Å². The van der Waals surface area contributed by atoms with E-state index in [1.54, 1.807) is 0 Å². The summed E-state index contributed by atoms with van der Waals surface area (Å²) in [6.45, 7) is 5.87. The predicted octanol–water partition coefficient (Wildman–Crippen LogP) is 3.21. The molecule has 0 saturated carbocycles. The Kier molecular flexibility index (Phi) is 4.39. The Labute approximate surface area is 127 Å². The van der Waals surface area contributed by atoms with Gasteiger partial charge < -0.3 is 4.90 Å². The highest BCUT2D eigenvalue weighted by Gasteiger charge is 2.24. The minimum absolute atomic E-state index is 0.666. The number of rotatable bonds is 4. The highest BCUT2D eigenvalue weighted by Crippen LogP contribution is 2.31. The van der Waals surface area contributed by atoms with Crippen LogP contribution in [-0.2, 0) is 13.5 Å². The van der Waals surface area contributed by atoms with E-state index in [1.165, 1.54) is 49.3 Å². The van der Waals surface area contributed by atoms with Crippen LogP contribution in [0.15, 0.2) is 36.5 Å². The van der Waals surface area contributed by atoms with Crippen LogP contribution in [0, 0.1) is 0 Å². The van der Waals surface area contributed by atoms with Gasteiger partial charge in [0.25, 0.3) is 0 Å². The number of benzene rings is 1. The van der Waals surface area contributed by atoms with Crippen LogP contribution in [0.3, 0.4) is 0 Å². The van der Waals surface area contributed by atoms with E-state index >= 15 is 0 Å². The van der Waals surface area contributed by atoms with E-state index in [1.807, 2.05) is 0 Å². The van der Waals surface area contributed by atoms with Crippen molar-refractivity contribution in [3.8, 4) is 0 Å². The van der Waals surface area contributed by atoms with Crippen LogP contribution >= 0.6 is 0 Å². The molecule has 3 heteroatoms. The Morgan fingerprint density at radius 2 is 1.86 bits per heavy atom. The molecule has 21 heavy (non-hydrogen) atoms. The molecule has 0 spiro atoms. The van der Waals surface area contributed by atoms with E-state index in [0.29, 0.717) is 5.92 Å². The molecule has 3 nitrogen and oxygen atoms in total. The summed E-state index contributed by atoms with van der Waals surface area (Å²) in [5.41, 5.74) is 4.23. The van der Waals surface area contributed by atoms with E-state index < -0.39 is 0 Å². The molecule has 2 heterocycles. The highest BCUT2D eigenvalue weighted by atomic mass is 15.3. The SMILES string of the molecule is CCN1CCC(c2c(Cc3ccccc3)cnn2C)CC1. The van der Waals surface area contributed by atoms with Crippen molar-refractivity contribution in [2.45, 2.75) is 32.1 Å². The first-order valence-corrected chi connectivity index (χ1v) is 8.05. The summed E-state index contributed by atoms with van der Waals surface area (Å²) in [7, 11) is 2.09. The van der Waals surface area contributed by atoms with Gasteiger partial charge in [-0.2, -0.15) is 5.10 Å². The molecule has 0 amide bonds. The van der Waals surface area contributed by atoms with Crippen molar-refractivity contribution in [1.29, 1.82) is 0 Å². The van der Waals surface area contributed by atoms with E-state index in [2.05, 4.69) is 65.2 Å². The molecule has 0 bridgehead atoms. The fraction of sp³-hybridized carbons (Fsp3) is 0.500. The largest absolute Gasteiger partial charge is 0.304 e. The number of aromatic nitrogens is 2. The third kappa shape index (κ3) is 3.18. The quantitative estimate of drug-likeness (QED) is 0.859. The van der Waals surface area contributed by atoms with Gasteiger partial charge in [0, 0.05) is 25.1 Å². The smallest absolute Gasteiger partial charge is 0.0528 e. The molecule has 2 aromatic rings. The van der Waals surface area contributed by atoms with E-state index in [-0.39, 0.29) is 0 Å². The number of hydrogen-bond acceptors (Lipinski definition) is 2. The van der Waals surface area contributed by atoms with Gasteiger partial charge in [0.2, 0.25) is 0 Å². The molecule has 0 atom stereocenters. The molecule has 0 aliphatic carbocycles. The van der Waals surface area contributed by atoms with Gasteiger partial charge in [0.1, 0.15) is 0 Å². The first-order chi connectivity index (χ1) is 10.3. The molecule has 1 aromatic carbocycles. The van der Waals surface area contributed by atoms with Crippen LogP contribution in [0.2, 0.25) is 0 Å². The van der Waals surface area contributed by atoms with Gasteiger partial charge in [-0.1, -0.05) is 37.3 Å². The van der Waals surface area contributed by atoms with Gasteiger partial charge >= 0.3 is 0 Å². The van der Waals surface area contributed by atoms with Crippen LogP contribution in [0.5, 0.6) is 0 Å². The van der Waals surface area contributed by atoms with Gasteiger partial charge in [-0.25, -0.2) is 0 Å². The van der Waals surface area contributed by atoms with Gasteiger partial charge in [-0.3, -0.25) is 4.68 Å². The van der Waals surface area contributed by atoms with Crippen LogP contribution < -0.4 is 0 Å². The highest BCUT2D eigenvalue weighted by molar-refractivity contribution is 5.30. The molecule has 1 aliphatic rings. The molecule has 0 N–H and O–H groups in total. The molecule has 0 unspecified atom stereocenters. The maximum Gasteiger partial charge on any atom is 0.0528 e. The van der Waals surface area contributed by atoms with Crippen molar-refractivity contribution in [2.75, 3.05) is 19.6 Å². The Balaban J connectivity index is 1.78. The first-order valence-electron chi connectivity index (χ1n) is 8.05. The van der Waals surface area contributed by atoms with Crippen LogP contribution in [0.25, 0.3) is 0 Å². The predicted molar refractivity (Wildman–Crippen MR) is 86.5 cm³/mol. The van der Waals surface area contributed by atoms with Gasteiger partial charge in [-0.05, 0) is 43.6 Å². The number of hydrogen-bond donors (Lipinski definition) is 0. The third-order valence-corrected chi connectivity index (χ3v) is 4.72. The zero-order chi connectivity index (χ0) is 14.7. The number of likely N-dealkylation sites (tertiary alicyclic amines) is 1. The molecular weight excluding hydrogens is 258 g/mol. The van der Waals surface area contributed by atoms with Crippen molar-refractivity contribution in [3.05, 3.63) is 53.3 Å². The molecule has 112 valence electrons. The second-order valence-electron chi connectivity index (χ2n) is 6.05. The number of piperidine rings is 1. The lowest BCUT2D eigenvalue weighted by atomic mass is 9.89. The van der Waals surface area contributed by atoms with E-state index in [0.717, 1.165) is 6.42 Å². The normalized spacial score (nSPS) is 17.2.